The molecule has 1 N–H and O–H groups in total. The Bertz CT molecular complexity index is 1050. The van der Waals surface area contributed by atoms with Gasteiger partial charge in [0.15, 0.2) is 0 Å². The Morgan fingerprint density at radius 2 is 1.19 bits per heavy atom. The minimum atomic E-state index is 0.471. The number of aromatic nitrogens is 2. The Morgan fingerprint density at radius 3 is 1.81 bits per heavy atom. The molecule has 0 bridgehead atoms. The molecule has 0 amide bonds. The van der Waals surface area contributed by atoms with Gasteiger partial charge in [0.05, 0.1) is 31.5 Å². The molecule has 4 aromatic rings. The number of rotatable bonds is 3. The molecule has 0 atom stereocenters. The molecular formula is C21H12Cl4N2. The lowest BCUT2D eigenvalue weighted by Gasteiger charge is -2.06. The third-order valence-electron chi connectivity index (χ3n) is 4.15. The molecule has 0 spiro atoms. The topological polar surface area (TPSA) is 28.7 Å². The smallest absolute Gasteiger partial charge is 0.138 e. The molecule has 0 aliphatic carbocycles. The monoisotopic (exact) mass is 432 g/mol. The first-order valence-corrected chi connectivity index (χ1v) is 9.60. The Balaban J connectivity index is 1.93. The molecule has 0 aliphatic heterocycles. The maximum Gasteiger partial charge on any atom is 0.138 e. The normalized spacial score (nSPS) is 11.0. The molecule has 27 heavy (non-hydrogen) atoms. The number of halogens is 4. The maximum absolute atomic E-state index is 6.23. The highest BCUT2D eigenvalue weighted by atomic mass is 35.5. The Kier molecular flexibility index (Phi) is 5.16. The largest absolute Gasteiger partial charge is 0.337 e. The summed E-state index contributed by atoms with van der Waals surface area (Å²) in [7, 11) is 0. The molecule has 0 radical (unpaired) electrons. The maximum atomic E-state index is 6.23. The van der Waals surface area contributed by atoms with Crippen molar-refractivity contribution in [3.8, 4) is 33.9 Å². The fourth-order valence-electron chi connectivity index (χ4n) is 2.82. The summed E-state index contributed by atoms with van der Waals surface area (Å²) in [4.78, 5) is 8.22. The Labute approximate surface area is 176 Å². The molecular weight excluding hydrogens is 422 g/mol. The highest BCUT2D eigenvalue weighted by Crippen LogP contribution is 2.37. The summed E-state index contributed by atoms with van der Waals surface area (Å²) in [5.41, 5.74) is 4.28. The molecule has 0 saturated heterocycles. The fourth-order valence-corrected chi connectivity index (χ4v) is 3.42. The molecule has 134 valence electrons. The third kappa shape index (κ3) is 3.71. The SMILES string of the molecule is Clc1ccc(-c2nc(-c3ccccc3)[nH]c2-c2ccc(Cl)c(Cl)c2)cc1Cl. The number of benzene rings is 3. The second-order valence-electron chi connectivity index (χ2n) is 5.93. The molecule has 0 saturated carbocycles. The van der Waals surface area contributed by atoms with Gasteiger partial charge in [-0.15, -0.1) is 0 Å². The second kappa shape index (κ2) is 7.57. The number of nitrogens with one attached hydrogen (secondary N) is 1. The minimum absolute atomic E-state index is 0.471. The number of hydrogen-bond acceptors (Lipinski definition) is 1. The van der Waals surface area contributed by atoms with Crippen molar-refractivity contribution in [2.24, 2.45) is 0 Å². The van der Waals surface area contributed by atoms with E-state index in [4.69, 9.17) is 51.4 Å². The van der Waals surface area contributed by atoms with Crippen LogP contribution in [0.5, 0.6) is 0 Å². The van der Waals surface area contributed by atoms with Crippen molar-refractivity contribution in [2.45, 2.75) is 0 Å². The van der Waals surface area contributed by atoms with Gasteiger partial charge in [-0.25, -0.2) is 4.98 Å². The van der Waals surface area contributed by atoms with Gasteiger partial charge in [0.2, 0.25) is 0 Å². The Hall–Kier alpha value is -1.97. The lowest BCUT2D eigenvalue weighted by molar-refractivity contribution is 1.31. The van der Waals surface area contributed by atoms with E-state index in [2.05, 4.69) is 4.98 Å². The van der Waals surface area contributed by atoms with Crippen LogP contribution in [-0.2, 0) is 0 Å². The highest BCUT2D eigenvalue weighted by molar-refractivity contribution is 6.42. The standard InChI is InChI=1S/C21H12Cl4N2/c22-15-8-6-13(10-17(15)24)19-20(14-7-9-16(23)18(25)11-14)27-21(26-19)12-4-2-1-3-5-12/h1-11H,(H,26,27). The van der Waals surface area contributed by atoms with E-state index >= 15 is 0 Å². The first-order chi connectivity index (χ1) is 13.0. The lowest BCUT2D eigenvalue weighted by atomic mass is 10.1. The van der Waals surface area contributed by atoms with E-state index in [9.17, 15) is 0 Å². The van der Waals surface area contributed by atoms with E-state index in [1.165, 1.54) is 0 Å². The number of imidazole rings is 1. The van der Waals surface area contributed by atoms with Gasteiger partial charge >= 0.3 is 0 Å². The first kappa shape index (κ1) is 18.4. The van der Waals surface area contributed by atoms with Crippen LogP contribution >= 0.6 is 46.4 Å². The van der Waals surface area contributed by atoms with Gasteiger partial charge in [-0.1, -0.05) is 88.9 Å². The van der Waals surface area contributed by atoms with Gasteiger partial charge in [0, 0.05) is 16.7 Å². The summed E-state index contributed by atoms with van der Waals surface area (Å²) in [6, 6.07) is 20.8. The van der Waals surface area contributed by atoms with Gasteiger partial charge < -0.3 is 4.98 Å². The van der Waals surface area contributed by atoms with Gasteiger partial charge in [0.1, 0.15) is 5.82 Å². The van der Waals surface area contributed by atoms with Crippen molar-refractivity contribution in [2.75, 3.05) is 0 Å². The Morgan fingerprint density at radius 1 is 0.593 bits per heavy atom. The van der Waals surface area contributed by atoms with Crippen LogP contribution in [0.1, 0.15) is 0 Å². The molecule has 0 aliphatic rings. The number of aromatic amines is 1. The summed E-state index contributed by atoms with van der Waals surface area (Å²) in [6.45, 7) is 0. The molecule has 3 aromatic carbocycles. The van der Waals surface area contributed by atoms with Crippen LogP contribution in [0.15, 0.2) is 66.7 Å². The number of H-pyrrole nitrogens is 1. The van der Waals surface area contributed by atoms with E-state index in [-0.39, 0.29) is 0 Å². The lowest BCUT2D eigenvalue weighted by Crippen LogP contribution is -1.85. The van der Waals surface area contributed by atoms with Crippen LogP contribution in [0.25, 0.3) is 33.9 Å². The molecule has 1 heterocycles. The van der Waals surface area contributed by atoms with Crippen molar-refractivity contribution >= 4 is 46.4 Å². The van der Waals surface area contributed by atoms with Crippen LogP contribution in [-0.4, -0.2) is 9.97 Å². The quantitative estimate of drug-likeness (QED) is 0.348. The van der Waals surface area contributed by atoms with Crippen LogP contribution in [0, 0.1) is 0 Å². The van der Waals surface area contributed by atoms with Crippen LogP contribution in [0.2, 0.25) is 20.1 Å². The van der Waals surface area contributed by atoms with Crippen molar-refractivity contribution in [1.29, 1.82) is 0 Å². The zero-order valence-corrected chi connectivity index (χ0v) is 16.8. The number of nitrogens with zero attached hydrogens (tertiary/aromatic N) is 1. The summed E-state index contributed by atoms with van der Waals surface area (Å²) < 4.78 is 0. The van der Waals surface area contributed by atoms with Crippen LogP contribution in [0.3, 0.4) is 0 Å². The van der Waals surface area contributed by atoms with Gasteiger partial charge in [-0.3, -0.25) is 0 Å². The van der Waals surface area contributed by atoms with Gasteiger partial charge in [-0.05, 0) is 24.3 Å². The first-order valence-electron chi connectivity index (χ1n) is 8.09. The van der Waals surface area contributed by atoms with Crippen molar-refractivity contribution in [1.82, 2.24) is 9.97 Å². The van der Waals surface area contributed by atoms with E-state index in [0.29, 0.717) is 20.1 Å². The van der Waals surface area contributed by atoms with Crippen molar-refractivity contribution in [3.05, 3.63) is 86.8 Å². The summed E-state index contributed by atoms with van der Waals surface area (Å²) in [5.74, 6) is 0.748. The molecule has 4 rings (SSSR count). The molecule has 0 unspecified atom stereocenters. The van der Waals surface area contributed by atoms with Gasteiger partial charge in [0.25, 0.3) is 0 Å². The van der Waals surface area contributed by atoms with E-state index in [1.54, 1.807) is 18.2 Å². The zero-order valence-electron chi connectivity index (χ0n) is 13.8. The van der Waals surface area contributed by atoms with E-state index in [1.807, 2.05) is 48.5 Å². The predicted octanol–water partition coefficient (Wildman–Crippen LogP) is 8.02. The fraction of sp³-hybridized carbons (Fsp3) is 0. The molecule has 0 fully saturated rings. The van der Waals surface area contributed by atoms with E-state index in [0.717, 1.165) is 33.9 Å². The highest BCUT2D eigenvalue weighted by Gasteiger charge is 2.17. The summed E-state index contributed by atoms with van der Waals surface area (Å²) >= 11 is 24.6. The minimum Gasteiger partial charge on any atom is -0.337 e. The number of hydrogen-bond donors (Lipinski definition) is 1. The average molecular weight is 434 g/mol. The molecule has 6 heteroatoms. The average Bonchev–Trinajstić information content (AvgIpc) is 3.12. The second-order valence-corrected chi connectivity index (χ2v) is 7.56. The van der Waals surface area contributed by atoms with Crippen molar-refractivity contribution < 1.29 is 0 Å². The van der Waals surface area contributed by atoms with Gasteiger partial charge in [-0.2, -0.15) is 0 Å². The van der Waals surface area contributed by atoms with Crippen LogP contribution in [0.4, 0.5) is 0 Å². The predicted molar refractivity (Wildman–Crippen MR) is 115 cm³/mol. The van der Waals surface area contributed by atoms with E-state index < -0.39 is 0 Å². The molecule has 1 aromatic heterocycles. The third-order valence-corrected chi connectivity index (χ3v) is 5.63. The van der Waals surface area contributed by atoms with Crippen LogP contribution < -0.4 is 0 Å². The molecule has 2 nitrogen and oxygen atoms in total. The summed E-state index contributed by atoms with van der Waals surface area (Å²) in [6.07, 6.45) is 0. The van der Waals surface area contributed by atoms with Crippen molar-refractivity contribution in [3.63, 3.8) is 0 Å². The zero-order chi connectivity index (χ0) is 19.0. The summed E-state index contributed by atoms with van der Waals surface area (Å²) in [5, 5.41) is 1.94.